The summed E-state index contributed by atoms with van der Waals surface area (Å²) in [7, 11) is -3.60. The second kappa shape index (κ2) is 11.4. The van der Waals surface area contributed by atoms with Crippen LogP contribution in [0.3, 0.4) is 0 Å². The number of amides is 1. The van der Waals surface area contributed by atoms with E-state index in [0.717, 1.165) is 10.0 Å². The molecule has 1 aliphatic heterocycles. The Hall–Kier alpha value is -2.49. The van der Waals surface area contributed by atoms with Crippen LogP contribution in [0.2, 0.25) is 0 Å². The Balaban J connectivity index is 1.51. The summed E-state index contributed by atoms with van der Waals surface area (Å²) in [6.45, 7) is 2.96. The molecule has 170 valence electrons. The molecule has 0 atom stereocenters. The molecule has 0 aliphatic carbocycles. The zero-order valence-corrected chi connectivity index (χ0v) is 20.2. The van der Waals surface area contributed by atoms with E-state index in [1.54, 1.807) is 24.3 Å². The lowest BCUT2D eigenvalue weighted by atomic mass is 9.98. The lowest BCUT2D eigenvalue weighted by molar-refractivity contribution is -0.126. The first-order valence-corrected chi connectivity index (χ1v) is 12.6. The van der Waals surface area contributed by atoms with Crippen molar-refractivity contribution in [1.29, 1.82) is 0 Å². The molecule has 1 heterocycles. The lowest BCUT2D eigenvalue weighted by Crippen LogP contribution is -2.42. The molecule has 0 bridgehead atoms. The number of sulfonamides is 1. The van der Waals surface area contributed by atoms with Gasteiger partial charge in [-0.25, -0.2) is 13.8 Å². The van der Waals surface area contributed by atoms with E-state index >= 15 is 0 Å². The number of hydrazone groups is 1. The molecular formula is C23H26BrN3O4S. The summed E-state index contributed by atoms with van der Waals surface area (Å²) in [5.41, 5.74) is 3.56. The molecule has 7 nitrogen and oxygen atoms in total. The van der Waals surface area contributed by atoms with Crippen molar-refractivity contribution >= 4 is 44.2 Å². The predicted octanol–water partition coefficient (Wildman–Crippen LogP) is 4.02. The highest BCUT2D eigenvalue weighted by atomic mass is 79.9. The fourth-order valence-electron chi connectivity index (χ4n) is 3.38. The first-order valence-electron chi connectivity index (χ1n) is 10.4. The van der Waals surface area contributed by atoms with E-state index < -0.39 is 10.0 Å². The number of nitrogens with one attached hydrogen (secondary N) is 1. The molecule has 0 unspecified atom stereocenters. The highest BCUT2D eigenvalue weighted by Gasteiger charge is 2.32. The van der Waals surface area contributed by atoms with Gasteiger partial charge in [0.25, 0.3) is 0 Å². The highest BCUT2D eigenvalue weighted by Crippen LogP contribution is 2.25. The van der Waals surface area contributed by atoms with Crippen LogP contribution in [0.15, 0.2) is 69.1 Å². The number of ether oxygens (including phenoxy) is 1. The average molecular weight is 520 g/mol. The fraction of sp³-hybridized carbons (Fsp3) is 0.304. The summed E-state index contributed by atoms with van der Waals surface area (Å²) in [6.07, 6.45) is 4.30. The van der Waals surface area contributed by atoms with E-state index in [1.807, 2.05) is 43.3 Å². The van der Waals surface area contributed by atoms with Gasteiger partial charge in [0.05, 0.1) is 17.7 Å². The van der Waals surface area contributed by atoms with Crippen molar-refractivity contribution in [1.82, 2.24) is 9.73 Å². The molecule has 1 aliphatic rings. The summed E-state index contributed by atoms with van der Waals surface area (Å²) >= 11 is 3.40. The van der Waals surface area contributed by atoms with Gasteiger partial charge in [0.1, 0.15) is 5.75 Å². The second-order valence-corrected chi connectivity index (χ2v) is 10.1. The minimum atomic E-state index is -3.60. The molecule has 0 radical (unpaired) electrons. The lowest BCUT2D eigenvalue weighted by Gasteiger charge is -2.30. The van der Waals surface area contributed by atoms with Crippen molar-refractivity contribution in [3.05, 3.63) is 64.6 Å². The smallest absolute Gasteiger partial charge is 0.243 e. The van der Waals surface area contributed by atoms with Gasteiger partial charge in [-0.3, -0.25) is 4.79 Å². The van der Waals surface area contributed by atoms with Gasteiger partial charge in [-0.2, -0.15) is 9.41 Å². The molecule has 2 aromatic rings. The average Bonchev–Trinajstić information content (AvgIpc) is 2.80. The fourth-order valence-corrected chi connectivity index (χ4v) is 5.21. The summed E-state index contributed by atoms with van der Waals surface area (Å²) < 4.78 is 33.3. The number of carbonyl (C=O) groups excluding carboxylic acids is 1. The number of halogens is 1. The number of rotatable bonds is 8. The van der Waals surface area contributed by atoms with Crippen LogP contribution in [0.4, 0.5) is 0 Å². The Labute approximate surface area is 197 Å². The van der Waals surface area contributed by atoms with Gasteiger partial charge in [-0.1, -0.05) is 30.3 Å². The quantitative estimate of drug-likeness (QED) is 0.421. The van der Waals surface area contributed by atoms with Crippen LogP contribution >= 0.6 is 15.9 Å². The van der Waals surface area contributed by atoms with Crippen LogP contribution in [-0.2, 0) is 14.8 Å². The van der Waals surface area contributed by atoms with Crippen molar-refractivity contribution in [3.63, 3.8) is 0 Å². The van der Waals surface area contributed by atoms with Crippen LogP contribution in [0.1, 0.15) is 25.3 Å². The van der Waals surface area contributed by atoms with E-state index in [2.05, 4.69) is 26.5 Å². The molecule has 0 saturated carbocycles. The Morgan fingerprint density at radius 2 is 1.81 bits per heavy atom. The normalized spacial score (nSPS) is 16.2. The van der Waals surface area contributed by atoms with Crippen molar-refractivity contribution in [3.8, 4) is 5.75 Å². The molecule has 1 N–H and O–H groups in total. The van der Waals surface area contributed by atoms with E-state index in [0.29, 0.717) is 25.2 Å². The third-order valence-corrected chi connectivity index (χ3v) is 7.41. The minimum Gasteiger partial charge on any atom is -0.494 e. The first kappa shape index (κ1) is 24.2. The van der Waals surface area contributed by atoms with Crippen LogP contribution in [0, 0.1) is 5.92 Å². The Kier molecular flexibility index (Phi) is 8.60. The number of hydrogen-bond acceptors (Lipinski definition) is 5. The van der Waals surface area contributed by atoms with Gasteiger partial charge < -0.3 is 4.74 Å². The molecule has 2 aromatic carbocycles. The van der Waals surface area contributed by atoms with Gasteiger partial charge >= 0.3 is 0 Å². The van der Waals surface area contributed by atoms with Gasteiger partial charge in [0.15, 0.2) is 0 Å². The third-order valence-electron chi connectivity index (χ3n) is 5.06. The van der Waals surface area contributed by atoms with Crippen molar-refractivity contribution in [2.45, 2.75) is 24.7 Å². The number of hydrogen-bond donors (Lipinski definition) is 1. The van der Waals surface area contributed by atoms with Crippen molar-refractivity contribution in [2.75, 3.05) is 19.7 Å². The third kappa shape index (κ3) is 6.51. The summed E-state index contributed by atoms with van der Waals surface area (Å²) in [5.74, 6) is 0.141. The molecule has 1 fully saturated rings. The molecule has 3 rings (SSSR count). The van der Waals surface area contributed by atoms with Crippen LogP contribution in [0.5, 0.6) is 5.75 Å². The van der Waals surface area contributed by atoms with Crippen LogP contribution < -0.4 is 10.2 Å². The zero-order valence-electron chi connectivity index (χ0n) is 17.8. The van der Waals surface area contributed by atoms with E-state index in [9.17, 15) is 13.2 Å². The maximum absolute atomic E-state index is 12.9. The van der Waals surface area contributed by atoms with E-state index in [4.69, 9.17) is 4.74 Å². The Bertz CT molecular complexity index is 1060. The molecule has 32 heavy (non-hydrogen) atoms. The second-order valence-electron chi connectivity index (χ2n) is 7.26. The van der Waals surface area contributed by atoms with Crippen molar-refractivity contribution < 1.29 is 17.9 Å². The predicted molar refractivity (Wildman–Crippen MR) is 129 cm³/mol. The Morgan fingerprint density at radius 1 is 1.16 bits per heavy atom. The maximum Gasteiger partial charge on any atom is 0.243 e. The zero-order chi connectivity index (χ0) is 23.0. The Morgan fingerprint density at radius 3 is 2.44 bits per heavy atom. The van der Waals surface area contributed by atoms with Gasteiger partial charge in [-0.05, 0) is 71.6 Å². The summed E-state index contributed by atoms with van der Waals surface area (Å²) in [5, 5.41) is 4.00. The SMILES string of the molecule is CCOc1ccc(S(=O)(=O)N2CCC(C(=O)N/N=C\C(Br)=C\c3ccccc3)CC2)cc1. The van der Waals surface area contributed by atoms with Gasteiger partial charge in [0.2, 0.25) is 15.9 Å². The summed E-state index contributed by atoms with van der Waals surface area (Å²) in [6, 6.07) is 16.1. The van der Waals surface area contributed by atoms with E-state index in [-0.39, 0.29) is 29.8 Å². The largest absolute Gasteiger partial charge is 0.494 e. The first-order chi connectivity index (χ1) is 15.4. The number of allylic oxidation sites excluding steroid dienone is 1. The molecule has 0 spiro atoms. The van der Waals surface area contributed by atoms with Gasteiger partial charge in [0, 0.05) is 23.5 Å². The van der Waals surface area contributed by atoms with Gasteiger partial charge in [-0.15, -0.1) is 0 Å². The van der Waals surface area contributed by atoms with Crippen molar-refractivity contribution in [2.24, 2.45) is 11.0 Å². The van der Waals surface area contributed by atoms with E-state index in [1.165, 1.54) is 10.5 Å². The topological polar surface area (TPSA) is 88.1 Å². The molecule has 1 amide bonds. The maximum atomic E-state index is 12.9. The number of nitrogens with zero attached hydrogens (tertiary/aromatic N) is 2. The van der Waals surface area contributed by atoms with Crippen LogP contribution in [0.25, 0.3) is 6.08 Å². The molecular weight excluding hydrogens is 494 g/mol. The number of benzene rings is 2. The molecule has 1 saturated heterocycles. The molecule has 0 aromatic heterocycles. The minimum absolute atomic E-state index is 0.209. The number of piperidine rings is 1. The molecule has 9 heteroatoms. The monoisotopic (exact) mass is 519 g/mol. The number of carbonyl (C=O) groups is 1. The highest BCUT2D eigenvalue weighted by molar-refractivity contribution is 9.12. The standard InChI is InChI=1S/C23H26BrN3O4S/c1-2-31-21-8-10-22(11-9-21)32(29,30)27-14-12-19(13-15-27)23(28)26-25-17-20(24)16-18-6-4-3-5-7-18/h3-11,16-17,19H,2,12-15H2,1H3,(H,26,28)/b20-16-,25-17-. The summed E-state index contributed by atoms with van der Waals surface area (Å²) in [4.78, 5) is 12.6. The van der Waals surface area contributed by atoms with Crippen LogP contribution in [-0.4, -0.2) is 44.5 Å².